The van der Waals surface area contributed by atoms with Crippen LogP contribution < -0.4 is 0 Å². The molecule has 0 saturated carbocycles. The number of aromatic nitrogens is 1. The Labute approximate surface area is 138 Å². The third-order valence-electron chi connectivity index (χ3n) is 4.55. The summed E-state index contributed by atoms with van der Waals surface area (Å²) < 4.78 is 32.5. The Kier molecular flexibility index (Phi) is 5.31. The molecule has 0 N–H and O–H groups in total. The third-order valence-corrected chi connectivity index (χ3v) is 6.86. The van der Waals surface area contributed by atoms with E-state index in [4.69, 9.17) is 4.74 Å². The summed E-state index contributed by atoms with van der Waals surface area (Å²) >= 11 is 0. The van der Waals surface area contributed by atoms with Crippen LogP contribution >= 0.6 is 0 Å². The maximum Gasteiger partial charge on any atom is 0.218 e. The van der Waals surface area contributed by atoms with Gasteiger partial charge in [-0.1, -0.05) is 6.07 Å². The van der Waals surface area contributed by atoms with E-state index < -0.39 is 10.0 Å². The van der Waals surface area contributed by atoms with E-state index in [-0.39, 0.29) is 5.25 Å². The molecule has 1 aromatic heterocycles. The molecule has 6 nitrogen and oxygen atoms in total. The summed E-state index contributed by atoms with van der Waals surface area (Å²) in [6.45, 7) is 6.33. The molecule has 0 aromatic carbocycles. The lowest BCUT2D eigenvalue weighted by molar-refractivity contribution is 0.0719. The molecule has 1 aromatic rings. The Morgan fingerprint density at radius 2 is 2.04 bits per heavy atom. The number of pyridine rings is 1. The first-order valence-electron chi connectivity index (χ1n) is 8.25. The second-order valence-corrected chi connectivity index (χ2v) is 8.64. The minimum atomic E-state index is -3.22. The molecule has 23 heavy (non-hydrogen) atoms. The molecule has 2 aliphatic rings. The minimum Gasteiger partial charge on any atom is -0.379 e. The average molecular weight is 339 g/mol. The van der Waals surface area contributed by atoms with Gasteiger partial charge < -0.3 is 4.74 Å². The number of likely N-dealkylation sites (tertiary alicyclic amines) is 1. The second-order valence-electron chi connectivity index (χ2n) is 6.43. The Hall–Kier alpha value is -1.02. The minimum absolute atomic E-state index is 0.299. The van der Waals surface area contributed by atoms with Gasteiger partial charge in [0.2, 0.25) is 10.0 Å². The van der Waals surface area contributed by atoms with Crippen molar-refractivity contribution < 1.29 is 13.2 Å². The van der Waals surface area contributed by atoms with Gasteiger partial charge in [0.1, 0.15) is 0 Å². The van der Waals surface area contributed by atoms with E-state index in [1.807, 2.05) is 19.3 Å². The van der Waals surface area contributed by atoms with E-state index in [0.29, 0.717) is 32.8 Å². The summed E-state index contributed by atoms with van der Waals surface area (Å²) in [4.78, 5) is 6.46. The lowest BCUT2D eigenvalue weighted by Gasteiger charge is -2.36. The van der Waals surface area contributed by atoms with Gasteiger partial charge in [-0.05, 0) is 37.4 Å². The fourth-order valence-corrected chi connectivity index (χ4v) is 5.32. The van der Waals surface area contributed by atoms with Crippen LogP contribution in [0.1, 0.15) is 24.0 Å². The molecular formula is C16H25N3O3S. The molecule has 2 aliphatic heterocycles. The van der Waals surface area contributed by atoms with Crippen molar-refractivity contribution in [1.29, 1.82) is 0 Å². The molecule has 0 spiro atoms. The van der Waals surface area contributed by atoms with Crippen LogP contribution in [0.25, 0.3) is 0 Å². The predicted octanol–water partition coefficient (Wildman–Crippen LogP) is 1.02. The first-order valence-corrected chi connectivity index (χ1v) is 9.75. The largest absolute Gasteiger partial charge is 0.379 e. The van der Waals surface area contributed by atoms with Gasteiger partial charge >= 0.3 is 0 Å². The van der Waals surface area contributed by atoms with Gasteiger partial charge in [-0.15, -0.1) is 0 Å². The fourth-order valence-electron chi connectivity index (χ4n) is 3.37. The summed E-state index contributed by atoms with van der Waals surface area (Å²) in [5, 5.41) is -0.299. The number of nitrogens with zero attached hydrogens (tertiary/aromatic N) is 3. The van der Waals surface area contributed by atoms with Crippen molar-refractivity contribution in [3.8, 4) is 0 Å². The van der Waals surface area contributed by atoms with Gasteiger partial charge in [0, 0.05) is 38.6 Å². The molecule has 2 saturated heterocycles. The van der Waals surface area contributed by atoms with Crippen LogP contribution in [0.3, 0.4) is 0 Å². The van der Waals surface area contributed by atoms with Crippen LogP contribution in [0.4, 0.5) is 0 Å². The number of piperidine rings is 1. The lowest BCUT2D eigenvalue weighted by atomic mass is 10.1. The van der Waals surface area contributed by atoms with Crippen molar-refractivity contribution in [3.05, 3.63) is 29.6 Å². The van der Waals surface area contributed by atoms with Crippen LogP contribution in [-0.4, -0.2) is 67.2 Å². The van der Waals surface area contributed by atoms with E-state index in [2.05, 4.69) is 16.0 Å². The van der Waals surface area contributed by atoms with Crippen molar-refractivity contribution in [2.24, 2.45) is 0 Å². The summed E-state index contributed by atoms with van der Waals surface area (Å²) in [6, 6.07) is 2.12. The molecule has 3 heterocycles. The molecule has 0 amide bonds. The van der Waals surface area contributed by atoms with Crippen molar-refractivity contribution in [2.75, 3.05) is 39.4 Å². The lowest BCUT2D eigenvalue weighted by Crippen LogP contribution is -2.50. The molecule has 0 aliphatic carbocycles. The highest BCUT2D eigenvalue weighted by molar-refractivity contribution is 7.89. The van der Waals surface area contributed by atoms with Crippen molar-refractivity contribution in [1.82, 2.24) is 14.2 Å². The van der Waals surface area contributed by atoms with E-state index in [9.17, 15) is 8.42 Å². The summed E-state index contributed by atoms with van der Waals surface area (Å²) in [6.07, 6.45) is 5.38. The molecule has 0 bridgehead atoms. The zero-order valence-electron chi connectivity index (χ0n) is 13.6. The molecule has 3 rings (SSSR count). The summed E-state index contributed by atoms with van der Waals surface area (Å²) in [5.74, 6) is 0. The molecule has 2 fully saturated rings. The monoisotopic (exact) mass is 339 g/mol. The molecule has 1 atom stereocenters. The molecule has 7 heteroatoms. The first kappa shape index (κ1) is 16.8. The molecule has 0 radical (unpaired) electrons. The van der Waals surface area contributed by atoms with Crippen molar-refractivity contribution in [2.45, 2.75) is 31.6 Å². The van der Waals surface area contributed by atoms with Crippen LogP contribution in [0.2, 0.25) is 0 Å². The van der Waals surface area contributed by atoms with Crippen LogP contribution in [0, 0.1) is 6.92 Å². The number of sulfonamides is 1. The first-order chi connectivity index (χ1) is 11.1. The smallest absolute Gasteiger partial charge is 0.218 e. The Morgan fingerprint density at radius 3 is 2.78 bits per heavy atom. The molecule has 1 unspecified atom stereocenters. The predicted molar refractivity (Wildman–Crippen MR) is 88.6 cm³/mol. The number of morpholine rings is 1. The standard InChI is InChI=1S/C16H25N3O3S/c1-14-9-15(11-17-10-14)12-18-4-2-3-16(13-18)23(20,21)19-5-7-22-8-6-19/h9-11,16H,2-8,12-13H2,1H3. The highest BCUT2D eigenvalue weighted by Crippen LogP contribution is 2.22. The SMILES string of the molecule is Cc1cncc(CN2CCCC(S(=O)(=O)N3CCOCC3)C2)c1. The number of aryl methyl sites for hydroxylation is 1. The Morgan fingerprint density at radius 1 is 1.26 bits per heavy atom. The maximum absolute atomic E-state index is 12.8. The van der Waals surface area contributed by atoms with Gasteiger partial charge in [-0.2, -0.15) is 4.31 Å². The third kappa shape index (κ3) is 4.09. The summed E-state index contributed by atoms with van der Waals surface area (Å²) in [5.41, 5.74) is 2.28. The van der Waals surface area contributed by atoms with Gasteiger partial charge in [0.25, 0.3) is 0 Å². The quantitative estimate of drug-likeness (QED) is 0.819. The van der Waals surface area contributed by atoms with E-state index >= 15 is 0 Å². The van der Waals surface area contributed by atoms with Crippen molar-refractivity contribution in [3.63, 3.8) is 0 Å². The Balaban J connectivity index is 1.65. The zero-order chi connectivity index (χ0) is 16.3. The molecule has 128 valence electrons. The Bertz CT molecular complexity index is 629. The number of hydrogen-bond acceptors (Lipinski definition) is 5. The van der Waals surface area contributed by atoms with E-state index in [1.165, 1.54) is 0 Å². The highest BCUT2D eigenvalue weighted by Gasteiger charge is 2.35. The molecular weight excluding hydrogens is 314 g/mol. The van der Waals surface area contributed by atoms with E-state index in [0.717, 1.165) is 37.1 Å². The van der Waals surface area contributed by atoms with Gasteiger partial charge in [0.05, 0.1) is 18.5 Å². The zero-order valence-corrected chi connectivity index (χ0v) is 14.5. The number of ether oxygens (including phenoxy) is 1. The highest BCUT2D eigenvalue weighted by atomic mass is 32.2. The van der Waals surface area contributed by atoms with Gasteiger partial charge in [-0.3, -0.25) is 9.88 Å². The summed E-state index contributed by atoms with van der Waals surface area (Å²) in [7, 11) is -3.22. The fraction of sp³-hybridized carbons (Fsp3) is 0.688. The second kappa shape index (κ2) is 7.25. The van der Waals surface area contributed by atoms with Crippen LogP contribution in [0.5, 0.6) is 0 Å². The topological polar surface area (TPSA) is 62.7 Å². The maximum atomic E-state index is 12.8. The van der Waals surface area contributed by atoms with Gasteiger partial charge in [-0.25, -0.2) is 8.42 Å². The van der Waals surface area contributed by atoms with Crippen LogP contribution in [-0.2, 0) is 21.3 Å². The number of rotatable bonds is 4. The number of hydrogen-bond donors (Lipinski definition) is 0. The normalized spacial score (nSPS) is 24.7. The van der Waals surface area contributed by atoms with Crippen LogP contribution in [0.15, 0.2) is 18.5 Å². The average Bonchev–Trinajstić information content (AvgIpc) is 2.56. The van der Waals surface area contributed by atoms with Gasteiger partial charge in [0.15, 0.2) is 0 Å². The van der Waals surface area contributed by atoms with Crippen molar-refractivity contribution >= 4 is 10.0 Å². The van der Waals surface area contributed by atoms with E-state index in [1.54, 1.807) is 4.31 Å².